The largest absolute Gasteiger partial charge is 0.496 e. The van der Waals surface area contributed by atoms with Gasteiger partial charge in [-0.3, -0.25) is 4.79 Å². The summed E-state index contributed by atoms with van der Waals surface area (Å²) in [6.07, 6.45) is 0. The fourth-order valence-electron chi connectivity index (χ4n) is 2.33. The second-order valence-electron chi connectivity index (χ2n) is 5.21. The van der Waals surface area contributed by atoms with Crippen molar-refractivity contribution >= 4 is 23.2 Å². The van der Waals surface area contributed by atoms with Gasteiger partial charge in [0.05, 0.1) is 18.4 Å². The number of halogens is 1. The Balaban J connectivity index is 1.89. The van der Waals surface area contributed by atoms with E-state index in [1.54, 1.807) is 42.5 Å². The number of anilines is 1. The zero-order valence-electron chi connectivity index (χ0n) is 13.5. The smallest absolute Gasteiger partial charge is 0.259 e. The van der Waals surface area contributed by atoms with Crippen molar-refractivity contribution in [1.29, 1.82) is 0 Å². The number of carbonyl (C=O) groups excluding carboxylic acids is 1. The molecule has 126 valence electrons. The summed E-state index contributed by atoms with van der Waals surface area (Å²) in [6, 6.07) is 21.4. The molecule has 1 N–H and O–H groups in total. The Morgan fingerprint density at radius 1 is 0.920 bits per heavy atom. The van der Waals surface area contributed by atoms with E-state index in [2.05, 4.69) is 5.32 Å². The number of nitrogens with one attached hydrogen (secondary N) is 1. The summed E-state index contributed by atoms with van der Waals surface area (Å²) in [6.45, 7) is 0. The highest BCUT2D eigenvalue weighted by Gasteiger charge is 2.15. The number of amides is 1. The highest BCUT2D eigenvalue weighted by atomic mass is 35.5. The van der Waals surface area contributed by atoms with Crippen LogP contribution in [0.15, 0.2) is 72.8 Å². The van der Waals surface area contributed by atoms with Gasteiger partial charge in [-0.1, -0.05) is 41.9 Å². The lowest BCUT2D eigenvalue weighted by Gasteiger charge is -2.14. The van der Waals surface area contributed by atoms with Crippen molar-refractivity contribution in [1.82, 2.24) is 0 Å². The maximum absolute atomic E-state index is 12.6. The molecule has 4 nitrogen and oxygen atoms in total. The third-order valence-electron chi connectivity index (χ3n) is 3.51. The second-order valence-corrected chi connectivity index (χ2v) is 5.65. The first-order valence-corrected chi connectivity index (χ1v) is 8.02. The number of hydrogen-bond acceptors (Lipinski definition) is 3. The predicted octanol–water partition coefficient (Wildman–Crippen LogP) is 5.39. The van der Waals surface area contributed by atoms with Crippen LogP contribution in [-0.2, 0) is 0 Å². The van der Waals surface area contributed by atoms with Crippen LogP contribution in [0.3, 0.4) is 0 Å². The third-order valence-corrected chi connectivity index (χ3v) is 3.75. The summed E-state index contributed by atoms with van der Waals surface area (Å²) in [7, 11) is 1.52. The Hall–Kier alpha value is -2.98. The lowest BCUT2D eigenvalue weighted by molar-refractivity contribution is 0.102. The van der Waals surface area contributed by atoms with E-state index in [1.165, 1.54) is 7.11 Å². The van der Waals surface area contributed by atoms with Gasteiger partial charge in [0.1, 0.15) is 11.5 Å². The van der Waals surface area contributed by atoms with Crippen LogP contribution in [0.4, 0.5) is 5.69 Å². The average Bonchev–Trinajstić information content (AvgIpc) is 2.64. The summed E-state index contributed by atoms with van der Waals surface area (Å²) in [5.74, 6) is 1.35. The number of hydrogen-bond donors (Lipinski definition) is 1. The number of para-hydroxylation sites is 2. The molecule has 25 heavy (non-hydrogen) atoms. The van der Waals surface area contributed by atoms with Gasteiger partial charge in [0.2, 0.25) is 0 Å². The van der Waals surface area contributed by atoms with Gasteiger partial charge in [0.15, 0.2) is 5.75 Å². The van der Waals surface area contributed by atoms with Gasteiger partial charge >= 0.3 is 0 Å². The van der Waals surface area contributed by atoms with Crippen LogP contribution in [0, 0.1) is 0 Å². The minimum Gasteiger partial charge on any atom is -0.496 e. The number of ether oxygens (including phenoxy) is 2. The quantitative estimate of drug-likeness (QED) is 0.668. The first-order valence-electron chi connectivity index (χ1n) is 7.64. The van der Waals surface area contributed by atoms with Crippen LogP contribution in [0.1, 0.15) is 10.4 Å². The topological polar surface area (TPSA) is 47.6 Å². The second kappa shape index (κ2) is 7.73. The van der Waals surface area contributed by atoms with Crippen LogP contribution in [0.25, 0.3) is 0 Å². The van der Waals surface area contributed by atoms with Crippen molar-refractivity contribution in [2.45, 2.75) is 0 Å². The summed E-state index contributed by atoms with van der Waals surface area (Å²) < 4.78 is 11.1. The van der Waals surface area contributed by atoms with Crippen LogP contribution in [0.2, 0.25) is 5.02 Å². The van der Waals surface area contributed by atoms with Crippen molar-refractivity contribution in [3.63, 3.8) is 0 Å². The molecule has 5 heteroatoms. The van der Waals surface area contributed by atoms with Crippen molar-refractivity contribution in [3.05, 3.63) is 83.4 Å². The molecule has 0 radical (unpaired) electrons. The lowest BCUT2D eigenvalue weighted by Crippen LogP contribution is -2.13. The summed E-state index contributed by atoms with van der Waals surface area (Å²) in [4.78, 5) is 12.6. The number of rotatable bonds is 5. The minimum atomic E-state index is -0.308. The van der Waals surface area contributed by atoms with E-state index >= 15 is 0 Å². The molecule has 0 atom stereocenters. The molecule has 0 aliphatic rings. The fraction of sp³-hybridized carbons (Fsp3) is 0.0500. The zero-order valence-corrected chi connectivity index (χ0v) is 14.3. The zero-order chi connectivity index (χ0) is 17.6. The standard InChI is InChI=1S/C20H16ClNO3/c1-24-18-10-6-5-9-16(18)20(23)22-17-13-14(21)11-12-19(17)25-15-7-3-2-4-8-15/h2-13H,1H3,(H,22,23). The predicted molar refractivity (Wildman–Crippen MR) is 98.9 cm³/mol. The van der Waals surface area contributed by atoms with E-state index < -0.39 is 0 Å². The number of benzene rings is 3. The van der Waals surface area contributed by atoms with Crippen molar-refractivity contribution < 1.29 is 14.3 Å². The van der Waals surface area contributed by atoms with Crippen LogP contribution >= 0.6 is 11.6 Å². The Kier molecular flexibility index (Phi) is 5.21. The van der Waals surface area contributed by atoms with E-state index in [9.17, 15) is 4.79 Å². The van der Waals surface area contributed by atoms with Crippen LogP contribution in [0.5, 0.6) is 17.2 Å². The highest BCUT2D eigenvalue weighted by molar-refractivity contribution is 6.31. The molecular weight excluding hydrogens is 338 g/mol. The van der Waals surface area contributed by atoms with Gasteiger partial charge in [-0.25, -0.2) is 0 Å². The van der Waals surface area contributed by atoms with E-state index in [0.717, 1.165) is 0 Å². The molecule has 0 aliphatic heterocycles. The Labute approximate surface area is 151 Å². The molecule has 0 fully saturated rings. The number of carbonyl (C=O) groups is 1. The van der Waals surface area contributed by atoms with Crippen molar-refractivity contribution in [2.24, 2.45) is 0 Å². The van der Waals surface area contributed by atoms with Crippen LogP contribution in [-0.4, -0.2) is 13.0 Å². The molecular formula is C20H16ClNO3. The summed E-state index contributed by atoms with van der Waals surface area (Å²) >= 11 is 6.08. The van der Waals surface area contributed by atoms with Gasteiger partial charge in [-0.2, -0.15) is 0 Å². The molecule has 3 aromatic carbocycles. The molecule has 0 aromatic heterocycles. The molecule has 1 amide bonds. The normalized spacial score (nSPS) is 10.2. The Morgan fingerprint density at radius 3 is 2.40 bits per heavy atom. The maximum Gasteiger partial charge on any atom is 0.259 e. The molecule has 0 spiro atoms. The van der Waals surface area contributed by atoms with Gasteiger partial charge in [0.25, 0.3) is 5.91 Å². The Bertz CT molecular complexity index is 881. The highest BCUT2D eigenvalue weighted by Crippen LogP contribution is 2.32. The molecule has 0 saturated carbocycles. The SMILES string of the molecule is COc1ccccc1C(=O)Nc1cc(Cl)ccc1Oc1ccccc1. The third kappa shape index (κ3) is 4.11. The van der Waals surface area contributed by atoms with Gasteiger partial charge in [-0.05, 0) is 42.5 Å². The fourth-order valence-corrected chi connectivity index (χ4v) is 2.50. The van der Waals surface area contributed by atoms with E-state index in [-0.39, 0.29) is 5.91 Å². The molecule has 3 rings (SSSR count). The van der Waals surface area contributed by atoms with E-state index in [4.69, 9.17) is 21.1 Å². The molecule has 0 saturated heterocycles. The van der Waals surface area contributed by atoms with Gasteiger partial charge < -0.3 is 14.8 Å². The van der Waals surface area contributed by atoms with E-state index in [0.29, 0.717) is 33.5 Å². The van der Waals surface area contributed by atoms with Gasteiger partial charge in [-0.15, -0.1) is 0 Å². The molecule has 0 bridgehead atoms. The maximum atomic E-state index is 12.6. The average molecular weight is 354 g/mol. The molecule has 0 aliphatic carbocycles. The first kappa shape index (κ1) is 16.9. The van der Waals surface area contributed by atoms with Crippen LogP contribution < -0.4 is 14.8 Å². The van der Waals surface area contributed by atoms with Gasteiger partial charge in [0, 0.05) is 5.02 Å². The first-order chi connectivity index (χ1) is 12.2. The molecule has 0 unspecified atom stereocenters. The molecule has 3 aromatic rings. The van der Waals surface area contributed by atoms with Crippen molar-refractivity contribution in [3.8, 4) is 17.2 Å². The minimum absolute atomic E-state index is 0.308. The summed E-state index contributed by atoms with van der Waals surface area (Å²) in [5.41, 5.74) is 0.905. The lowest BCUT2D eigenvalue weighted by atomic mass is 10.2. The number of methoxy groups -OCH3 is 1. The monoisotopic (exact) mass is 353 g/mol. The summed E-state index contributed by atoms with van der Waals surface area (Å²) in [5, 5.41) is 3.33. The van der Waals surface area contributed by atoms with E-state index in [1.807, 2.05) is 30.3 Å². The van der Waals surface area contributed by atoms with Crippen molar-refractivity contribution in [2.75, 3.05) is 12.4 Å². The Morgan fingerprint density at radius 2 is 1.64 bits per heavy atom. The molecule has 0 heterocycles.